The quantitative estimate of drug-likeness (QED) is 0.719. The molecule has 0 aromatic heterocycles. The van der Waals surface area contributed by atoms with Crippen LogP contribution in [0.25, 0.3) is 10.8 Å². The van der Waals surface area contributed by atoms with Crippen LogP contribution in [0.3, 0.4) is 0 Å². The van der Waals surface area contributed by atoms with Gasteiger partial charge in [-0.15, -0.1) is 0 Å². The SMILES string of the molecule is O=C(NC1(C(=O)OP)CCOCC1)[C@H](Cc1ccc2ccccc2c1)NP. The topological polar surface area (TPSA) is 76.7 Å². The Morgan fingerprint density at radius 1 is 1.15 bits per heavy atom. The van der Waals surface area contributed by atoms with E-state index in [1.807, 2.05) is 39.8 Å². The Balaban J connectivity index is 1.75. The number of fused-ring (bicyclic) bond motifs is 1. The molecule has 6 nitrogen and oxygen atoms in total. The summed E-state index contributed by atoms with van der Waals surface area (Å²) in [6.45, 7) is 0.813. The molecule has 0 spiro atoms. The molecule has 1 aliphatic rings. The maximum absolute atomic E-state index is 12.9. The van der Waals surface area contributed by atoms with Gasteiger partial charge in [0, 0.05) is 26.1 Å². The van der Waals surface area contributed by atoms with Crippen LogP contribution in [0, 0.1) is 0 Å². The molecule has 27 heavy (non-hydrogen) atoms. The minimum absolute atomic E-state index is 0.240. The Labute approximate surface area is 163 Å². The van der Waals surface area contributed by atoms with Crippen molar-refractivity contribution in [3.05, 3.63) is 48.0 Å². The van der Waals surface area contributed by atoms with Crippen LogP contribution >= 0.6 is 18.9 Å². The molecule has 3 rings (SSSR count). The summed E-state index contributed by atoms with van der Waals surface area (Å²) in [6.07, 6.45) is 1.29. The van der Waals surface area contributed by atoms with Crippen molar-refractivity contribution in [1.82, 2.24) is 10.4 Å². The van der Waals surface area contributed by atoms with Gasteiger partial charge in [0.2, 0.25) is 5.91 Å². The van der Waals surface area contributed by atoms with Crippen molar-refractivity contribution in [2.75, 3.05) is 13.2 Å². The van der Waals surface area contributed by atoms with Gasteiger partial charge in [0.1, 0.15) is 5.54 Å². The molecule has 0 bridgehead atoms. The predicted molar refractivity (Wildman–Crippen MR) is 111 cm³/mol. The second kappa shape index (κ2) is 9.07. The van der Waals surface area contributed by atoms with Gasteiger partial charge in [-0.3, -0.25) is 9.88 Å². The van der Waals surface area contributed by atoms with E-state index in [0.29, 0.717) is 32.5 Å². The van der Waals surface area contributed by atoms with E-state index in [4.69, 9.17) is 9.26 Å². The molecule has 1 amide bonds. The van der Waals surface area contributed by atoms with Crippen molar-refractivity contribution >= 4 is 41.5 Å². The van der Waals surface area contributed by atoms with E-state index < -0.39 is 17.6 Å². The largest absolute Gasteiger partial charge is 0.450 e. The molecule has 1 fully saturated rings. The van der Waals surface area contributed by atoms with E-state index in [1.165, 1.54) is 0 Å². The summed E-state index contributed by atoms with van der Waals surface area (Å²) in [5, 5.41) is 8.17. The van der Waals surface area contributed by atoms with E-state index in [0.717, 1.165) is 16.3 Å². The normalized spacial score (nSPS) is 17.3. The number of carbonyl (C=O) groups excluding carboxylic acids is 2. The Morgan fingerprint density at radius 2 is 1.85 bits per heavy atom. The van der Waals surface area contributed by atoms with Crippen LogP contribution in [0.4, 0.5) is 0 Å². The van der Waals surface area contributed by atoms with E-state index in [9.17, 15) is 9.59 Å². The van der Waals surface area contributed by atoms with E-state index in [2.05, 4.69) is 31.9 Å². The number of rotatable bonds is 6. The van der Waals surface area contributed by atoms with Gasteiger partial charge < -0.3 is 14.6 Å². The molecule has 144 valence electrons. The van der Waals surface area contributed by atoms with Crippen LogP contribution in [-0.4, -0.2) is 36.7 Å². The average molecular weight is 406 g/mol. The second-order valence-electron chi connectivity index (χ2n) is 6.69. The zero-order chi connectivity index (χ0) is 19.3. The second-order valence-corrected chi connectivity index (χ2v) is 7.26. The van der Waals surface area contributed by atoms with Crippen LogP contribution in [0.5, 0.6) is 0 Å². The smallest absolute Gasteiger partial charge is 0.334 e. The Hall–Kier alpha value is -1.58. The van der Waals surface area contributed by atoms with Crippen molar-refractivity contribution in [2.45, 2.75) is 30.8 Å². The molecule has 0 aliphatic carbocycles. The molecule has 2 N–H and O–H groups in total. The molecule has 1 heterocycles. The number of ether oxygens (including phenoxy) is 1. The third-order valence-electron chi connectivity index (χ3n) is 4.98. The summed E-state index contributed by atoms with van der Waals surface area (Å²) >= 11 is 0. The van der Waals surface area contributed by atoms with Crippen LogP contribution in [0.15, 0.2) is 42.5 Å². The predicted octanol–water partition coefficient (Wildman–Crippen LogP) is 2.13. The number of nitrogens with one attached hydrogen (secondary N) is 2. The minimum Gasteiger partial charge on any atom is -0.450 e. The van der Waals surface area contributed by atoms with Crippen LogP contribution < -0.4 is 10.4 Å². The summed E-state index contributed by atoms with van der Waals surface area (Å²) < 4.78 is 10.2. The monoisotopic (exact) mass is 406 g/mol. The summed E-state index contributed by atoms with van der Waals surface area (Å²) in [7, 11) is 4.36. The van der Waals surface area contributed by atoms with Gasteiger partial charge in [-0.25, -0.2) is 4.79 Å². The zero-order valence-corrected chi connectivity index (χ0v) is 17.3. The Bertz CT molecular complexity index is 824. The van der Waals surface area contributed by atoms with E-state index in [1.54, 1.807) is 0 Å². The summed E-state index contributed by atoms with van der Waals surface area (Å²) in [5.41, 5.74) is -0.00120. The van der Waals surface area contributed by atoms with Gasteiger partial charge >= 0.3 is 5.97 Å². The fourth-order valence-electron chi connectivity index (χ4n) is 3.36. The van der Waals surface area contributed by atoms with Gasteiger partial charge in [0.25, 0.3) is 0 Å². The number of hydrogen-bond acceptors (Lipinski definition) is 5. The van der Waals surface area contributed by atoms with Gasteiger partial charge in [0.05, 0.1) is 15.5 Å². The first-order valence-corrected chi connectivity index (χ1v) is 9.87. The van der Waals surface area contributed by atoms with Crippen molar-refractivity contribution in [2.24, 2.45) is 0 Å². The molecule has 0 saturated carbocycles. The van der Waals surface area contributed by atoms with E-state index in [-0.39, 0.29) is 5.91 Å². The first kappa shape index (κ1) is 20.2. The third kappa shape index (κ3) is 4.64. The average Bonchev–Trinajstić information content (AvgIpc) is 2.71. The zero-order valence-electron chi connectivity index (χ0n) is 14.9. The van der Waals surface area contributed by atoms with Crippen LogP contribution in [0.1, 0.15) is 18.4 Å². The fraction of sp³-hybridized carbons (Fsp3) is 0.368. The lowest BCUT2D eigenvalue weighted by Crippen LogP contribution is -2.60. The molecule has 8 heteroatoms. The molecular weight excluding hydrogens is 382 g/mol. The molecule has 2 unspecified atom stereocenters. The van der Waals surface area contributed by atoms with Gasteiger partial charge in [-0.05, 0) is 22.8 Å². The molecular formula is C19H24N2O4P2. The van der Waals surface area contributed by atoms with Gasteiger partial charge in [-0.2, -0.15) is 0 Å². The molecule has 3 atom stereocenters. The maximum atomic E-state index is 12.9. The first-order chi connectivity index (χ1) is 13.1. The summed E-state index contributed by atoms with van der Waals surface area (Å²) in [4.78, 5) is 25.2. The number of hydrogen-bond donors (Lipinski definition) is 2. The minimum atomic E-state index is -1.04. The highest BCUT2D eigenvalue weighted by Gasteiger charge is 2.43. The highest BCUT2D eigenvalue weighted by atomic mass is 31.0. The third-order valence-corrected chi connectivity index (χ3v) is 5.59. The van der Waals surface area contributed by atoms with Crippen molar-refractivity contribution in [3.8, 4) is 0 Å². The molecule has 2 aromatic carbocycles. The molecule has 1 saturated heterocycles. The van der Waals surface area contributed by atoms with Crippen LogP contribution in [0.2, 0.25) is 0 Å². The molecule has 1 aliphatic heterocycles. The van der Waals surface area contributed by atoms with Crippen LogP contribution in [-0.2, 0) is 25.3 Å². The lowest BCUT2D eigenvalue weighted by atomic mass is 9.89. The summed E-state index contributed by atoms with van der Waals surface area (Å²) in [6, 6.07) is 13.8. The van der Waals surface area contributed by atoms with Gasteiger partial charge in [-0.1, -0.05) is 51.9 Å². The number of benzene rings is 2. The standard InChI is InChI=1S/C19H24N2O4P2/c22-17(20-19(18(23)25-27)7-9-24-10-8-19)16(21-26)12-13-5-6-14-3-1-2-4-15(14)11-13/h1-6,11,16,21H,7-10,12,26-27H2,(H,20,22)/t16-/m0/s1. The fourth-order valence-corrected chi connectivity index (χ4v) is 3.86. The number of amides is 1. The van der Waals surface area contributed by atoms with Crippen molar-refractivity contribution < 1.29 is 18.8 Å². The van der Waals surface area contributed by atoms with Gasteiger partial charge in [0.15, 0.2) is 0 Å². The highest BCUT2D eigenvalue weighted by Crippen LogP contribution is 2.24. The Kier molecular flexibility index (Phi) is 6.78. The lowest BCUT2D eigenvalue weighted by molar-refractivity contribution is -0.148. The Morgan fingerprint density at radius 3 is 2.52 bits per heavy atom. The first-order valence-electron chi connectivity index (χ1n) is 8.83. The van der Waals surface area contributed by atoms with Crippen molar-refractivity contribution in [3.63, 3.8) is 0 Å². The number of carbonyl (C=O) groups is 2. The van der Waals surface area contributed by atoms with Crippen molar-refractivity contribution in [1.29, 1.82) is 0 Å². The molecule has 2 aromatic rings. The maximum Gasteiger partial charge on any atom is 0.334 e. The summed E-state index contributed by atoms with van der Waals surface area (Å²) in [5.74, 6) is -0.701. The molecule has 0 radical (unpaired) electrons. The highest BCUT2D eigenvalue weighted by molar-refractivity contribution is 7.13. The van der Waals surface area contributed by atoms with E-state index >= 15 is 0 Å². The lowest BCUT2D eigenvalue weighted by Gasteiger charge is -2.36.